The number of aromatic carboxylic acids is 1. The van der Waals surface area contributed by atoms with Gasteiger partial charge < -0.3 is 5.11 Å². The van der Waals surface area contributed by atoms with Gasteiger partial charge in [-0.25, -0.2) is 4.79 Å². The van der Waals surface area contributed by atoms with E-state index in [4.69, 9.17) is 5.11 Å². The number of hydrogen-bond donors (Lipinski definition) is 1. The molecule has 1 N–H and O–H groups in total. The van der Waals surface area contributed by atoms with Crippen LogP contribution in [0.1, 0.15) is 95.4 Å². The molecule has 3 rings (SSSR count). The van der Waals surface area contributed by atoms with E-state index in [0.717, 1.165) is 12.8 Å². The van der Waals surface area contributed by atoms with Crippen molar-refractivity contribution in [3.8, 4) is 0 Å². The SMILES string of the molecule is CCCCCC(C)c1ccc(C2=CCC[C@@H]2CCCc2ccc(C(=O)O)s2)s1. The summed E-state index contributed by atoms with van der Waals surface area (Å²) in [5, 5.41) is 9.06. The fraction of sp³-hybridized carbons (Fsp3) is 0.542. The van der Waals surface area contributed by atoms with E-state index in [2.05, 4.69) is 32.1 Å². The molecule has 0 amide bonds. The lowest BCUT2D eigenvalue weighted by molar-refractivity contribution is 0.0702. The van der Waals surface area contributed by atoms with Crippen molar-refractivity contribution in [2.45, 2.75) is 77.6 Å². The van der Waals surface area contributed by atoms with Gasteiger partial charge in [-0.05, 0) is 80.2 Å². The number of thiophene rings is 2. The molecule has 0 saturated carbocycles. The van der Waals surface area contributed by atoms with Crippen LogP contribution >= 0.6 is 22.7 Å². The smallest absolute Gasteiger partial charge is 0.345 e. The van der Waals surface area contributed by atoms with Crippen LogP contribution in [0, 0.1) is 5.92 Å². The van der Waals surface area contributed by atoms with Crippen molar-refractivity contribution >= 4 is 34.2 Å². The molecule has 1 aliphatic carbocycles. The van der Waals surface area contributed by atoms with E-state index in [9.17, 15) is 4.79 Å². The molecule has 0 saturated heterocycles. The molecule has 1 aliphatic rings. The Morgan fingerprint density at radius 1 is 1.18 bits per heavy atom. The molecule has 1 unspecified atom stereocenters. The molecule has 2 nitrogen and oxygen atoms in total. The molecular formula is C24H32O2S2. The lowest BCUT2D eigenvalue weighted by Gasteiger charge is -2.14. The highest BCUT2D eigenvalue weighted by molar-refractivity contribution is 7.14. The Balaban J connectivity index is 1.52. The molecule has 0 radical (unpaired) electrons. The highest BCUT2D eigenvalue weighted by Crippen LogP contribution is 2.41. The molecule has 0 spiro atoms. The minimum absolute atomic E-state index is 0.454. The van der Waals surface area contributed by atoms with Crippen molar-refractivity contribution in [3.05, 3.63) is 49.9 Å². The fourth-order valence-corrected chi connectivity index (χ4v) is 6.23. The summed E-state index contributed by atoms with van der Waals surface area (Å²) >= 11 is 3.43. The van der Waals surface area contributed by atoms with E-state index in [1.165, 1.54) is 70.9 Å². The zero-order valence-electron chi connectivity index (χ0n) is 17.1. The van der Waals surface area contributed by atoms with Crippen molar-refractivity contribution in [2.75, 3.05) is 0 Å². The quantitative estimate of drug-likeness (QED) is 0.377. The lowest BCUT2D eigenvalue weighted by Crippen LogP contribution is -1.99. The van der Waals surface area contributed by atoms with Crippen molar-refractivity contribution < 1.29 is 9.90 Å². The van der Waals surface area contributed by atoms with Crippen LogP contribution in [0.15, 0.2) is 30.3 Å². The second kappa shape index (κ2) is 10.4. The number of allylic oxidation sites excluding steroid dienone is 2. The maximum atomic E-state index is 11.0. The van der Waals surface area contributed by atoms with E-state index in [1.807, 2.05) is 17.4 Å². The molecule has 0 aromatic carbocycles. The Labute approximate surface area is 177 Å². The summed E-state index contributed by atoms with van der Waals surface area (Å²) in [6, 6.07) is 8.41. The molecule has 2 atom stereocenters. The summed E-state index contributed by atoms with van der Waals surface area (Å²) in [4.78, 5) is 15.7. The van der Waals surface area contributed by atoms with Gasteiger partial charge in [-0.1, -0.05) is 39.2 Å². The lowest BCUT2D eigenvalue weighted by atomic mass is 9.94. The average Bonchev–Trinajstić information content (AvgIpc) is 3.42. The zero-order chi connectivity index (χ0) is 19.9. The molecule has 152 valence electrons. The summed E-state index contributed by atoms with van der Waals surface area (Å²) in [6.07, 6.45) is 13.5. The Morgan fingerprint density at radius 2 is 2.04 bits per heavy atom. The fourth-order valence-electron chi connectivity index (χ4n) is 4.13. The average molecular weight is 417 g/mol. The second-order valence-corrected chi connectivity index (χ2v) is 10.3. The van der Waals surface area contributed by atoms with Gasteiger partial charge in [0.2, 0.25) is 0 Å². The third-order valence-corrected chi connectivity index (χ3v) is 8.30. The van der Waals surface area contributed by atoms with Gasteiger partial charge in [0.05, 0.1) is 0 Å². The van der Waals surface area contributed by atoms with Crippen LogP contribution in [-0.2, 0) is 6.42 Å². The molecule has 2 aromatic heterocycles. The topological polar surface area (TPSA) is 37.3 Å². The largest absolute Gasteiger partial charge is 0.477 e. The Hall–Kier alpha value is -1.39. The minimum atomic E-state index is -0.810. The number of aryl methyl sites for hydroxylation is 1. The second-order valence-electron chi connectivity index (χ2n) is 8.00. The van der Waals surface area contributed by atoms with E-state index < -0.39 is 5.97 Å². The monoisotopic (exact) mass is 416 g/mol. The Morgan fingerprint density at radius 3 is 2.79 bits per heavy atom. The predicted molar refractivity (Wildman–Crippen MR) is 122 cm³/mol. The van der Waals surface area contributed by atoms with Crippen LogP contribution in [0.2, 0.25) is 0 Å². The first-order valence-electron chi connectivity index (χ1n) is 10.7. The van der Waals surface area contributed by atoms with Gasteiger partial charge in [0.25, 0.3) is 0 Å². The van der Waals surface area contributed by atoms with Crippen LogP contribution in [-0.4, -0.2) is 11.1 Å². The van der Waals surface area contributed by atoms with Gasteiger partial charge in [-0.3, -0.25) is 0 Å². The molecule has 2 heterocycles. The van der Waals surface area contributed by atoms with Crippen LogP contribution in [0.25, 0.3) is 5.57 Å². The highest BCUT2D eigenvalue weighted by atomic mass is 32.1. The molecular weight excluding hydrogens is 384 g/mol. The third-order valence-electron chi connectivity index (χ3n) is 5.81. The van der Waals surface area contributed by atoms with Crippen LogP contribution in [0.3, 0.4) is 0 Å². The normalized spacial score (nSPS) is 17.6. The molecule has 0 fully saturated rings. The first kappa shape index (κ1) is 21.3. The predicted octanol–water partition coefficient (Wildman–Crippen LogP) is 8.01. The van der Waals surface area contributed by atoms with Gasteiger partial charge in [-0.15, -0.1) is 22.7 Å². The summed E-state index contributed by atoms with van der Waals surface area (Å²) in [5.41, 5.74) is 1.56. The minimum Gasteiger partial charge on any atom is -0.477 e. The number of carboxylic acid groups (broad SMARTS) is 1. The van der Waals surface area contributed by atoms with Crippen molar-refractivity contribution in [1.82, 2.24) is 0 Å². The maximum Gasteiger partial charge on any atom is 0.345 e. The van der Waals surface area contributed by atoms with Crippen LogP contribution < -0.4 is 0 Å². The zero-order valence-corrected chi connectivity index (χ0v) is 18.7. The number of carbonyl (C=O) groups is 1. The van der Waals surface area contributed by atoms with Gasteiger partial charge in [0, 0.05) is 14.6 Å². The van der Waals surface area contributed by atoms with Gasteiger partial charge >= 0.3 is 5.97 Å². The summed E-state index contributed by atoms with van der Waals surface area (Å²) < 4.78 is 0. The van der Waals surface area contributed by atoms with Crippen LogP contribution in [0.5, 0.6) is 0 Å². The number of carboxylic acids is 1. The molecule has 0 bridgehead atoms. The van der Waals surface area contributed by atoms with Crippen molar-refractivity contribution in [3.63, 3.8) is 0 Å². The van der Waals surface area contributed by atoms with E-state index in [1.54, 1.807) is 11.6 Å². The first-order valence-corrected chi connectivity index (χ1v) is 12.3. The standard InChI is InChI=1S/C24H32O2S2/c1-3-4-5-8-17(2)21-15-16-22(28-21)20-12-7-10-18(20)9-6-11-19-13-14-23(27-19)24(25)26/h12-18H,3-11H2,1-2H3,(H,25,26)/t17?,18-/m0/s1. The van der Waals surface area contributed by atoms with Gasteiger partial charge in [-0.2, -0.15) is 0 Å². The molecule has 2 aromatic rings. The van der Waals surface area contributed by atoms with Crippen LogP contribution in [0.4, 0.5) is 0 Å². The van der Waals surface area contributed by atoms with Crippen molar-refractivity contribution in [2.24, 2.45) is 5.92 Å². The summed E-state index contributed by atoms with van der Waals surface area (Å²) in [5.74, 6) is 0.531. The highest BCUT2D eigenvalue weighted by Gasteiger charge is 2.22. The molecule has 4 heteroatoms. The van der Waals surface area contributed by atoms with E-state index in [0.29, 0.717) is 16.7 Å². The first-order chi connectivity index (χ1) is 13.6. The summed E-state index contributed by atoms with van der Waals surface area (Å²) in [7, 11) is 0. The van der Waals surface area contributed by atoms with Gasteiger partial charge in [0.15, 0.2) is 0 Å². The molecule has 0 aliphatic heterocycles. The van der Waals surface area contributed by atoms with E-state index >= 15 is 0 Å². The summed E-state index contributed by atoms with van der Waals surface area (Å²) in [6.45, 7) is 4.64. The molecule has 28 heavy (non-hydrogen) atoms. The number of hydrogen-bond acceptors (Lipinski definition) is 3. The Bertz CT molecular complexity index is 799. The maximum absolute atomic E-state index is 11.0. The van der Waals surface area contributed by atoms with E-state index in [-0.39, 0.29) is 0 Å². The third kappa shape index (κ3) is 5.57. The van der Waals surface area contributed by atoms with Gasteiger partial charge in [0.1, 0.15) is 4.88 Å². The number of unbranched alkanes of at least 4 members (excludes halogenated alkanes) is 2. The Kier molecular flexibility index (Phi) is 7.92. The van der Waals surface area contributed by atoms with Crippen molar-refractivity contribution in [1.29, 1.82) is 0 Å². The number of rotatable bonds is 11.